The summed E-state index contributed by atoms with van der Waals surface area (Å²) in [6.07, 6.45) is 2.55. The van der Waals surface area contributed by atoms with E-state index < -0.39 is 11.8 Å². The Hall–Kier alpha value is -3.02. The van der Waals surface area contributed by atoms with Gasteiger partial charge in [-0.2, -0.15) is 0 Å². The summed E-state index contributed by atoms with van der Waals surface area (Å²) >= 11 is 0. The number of benzene rings is 1. The Morgan fingerprint density at radius 1 is 1.19 bits per heavy atom. The molecule has 3 rings (SSSR count). The lowest BCUT2D eigenvalue weighted by Crippen LogP contribution is -2.03. The molecular weight excluding hydrogens is 275 g/mol. The molecule has 0 radical (unpaired) electrons. The molecule has 104 valence electrons. The second-order valence-electron chi connectivity index (χ2n) is 4.27. The van der Waals surface area contributed by atoms with Gasteiger partial charge in [0.2, 0.25) is 5.88 Å². The van der Waals surface area contributed by atoms with Gasteiger partial charge in [-0.05, 0) is 24.3 Å². The lowest BCUT2D eigenvalue weighted by molar-refractivity contribution is 0.0692. The van der Waals surface area contributed by atoms with E-state index in [4.69, 9.17) is 9.84 Å². The Balaban J connectivity index is 2.00. The predicted molar refractivity (Wildman–Crippen MR) is 73.0 cm³/mol. The number of halogens is 1. The Kier molecular flexibility index (Phi) is 3.19. The lowest BCUT2D eigenvalue weighted by Gasteiger charge is -2.08. The third-order valence-corrected chi connectivity index (χ3v) is 2.84. The Morgan fingerprint density at radius 3 is 2.86 bits per heavy atom. The van der Waals surface area contributed by atoms with Crippen molar-refractivity contribution in [1.82, 2.24) is 9.97 Å². The van der Waals surface area contributed by atoms with Crippen LogP contribution in [0.2, 0.25) is 0 Å². The molecule has 0 aliphatic heterocycles. The summed E-state index contributed by atoms with van der Waals surface area (Å²) in [4.78, 5) is 18.9. The summed E-state index contributed by atoms with van der Waals surface area (Å²) in [5.41, 5.74) is 0.366. The molecule has 0 spiro atoms. The van der Waals surface area contributed by atoms with Crippen LogP contribution in [0, 0.1) is 5.82 Å². The van der Waals surface area contributed by atoms with E-state index in [1.54, 1.807) is 24.4 Å². The Morgan fingerprint density at radius 2 is 2.05 bits per heavy atom. The summed E-state index contributed by atoms with van der Waals surface area (Å²) in [7, 11) is 0. The normalized spacial score (nSPS) is 10.5. The van der Waals surface area contributed by atoms with Crippen LogP contribution in [0.1, 0.15) is 10.4 Å². The van der Waals surface area contributed by atoms with Gasteiger partial charge in [0.15, 0.2) is 0 Å². The lowest BCUT2D eigenvalue weighted by atomic mass is 10.2. The van der Waals surface area contributed by atoms with Crippen LogP contribution in [0.4, 0.5) is 4.39 Å². The first-order valence-electron chi connectivity index (χ1n) is 6.05. The first kappa shape index (κ1) is 13.0. The van der Waals surface area contributed by atoms with Crippen LogP contribution in [-0.2, 0) is 0 Å². The summed E-state index contributed by atoms with van der Waals surface area (Å²) in [5.74, 6) is -1.84. The van der Waals surface area contributed by atoms with Crippen LogP contribution in [-0.4, -0.2) is 21.0 Å². The number of aromatic carboxylic acids is 1. The molecule has 1 N–H and O–H groups in total. The molecule has 0 atom stereocenters. The number of carbonyl (C=O) groups is 1. The first-order chi connectivity index (χ1) is 10.1. The monoisotopic (exact) mass is 284 g/mol. The number of carboxylic acid groups (broad SMARTS) is 1. The standard InChI is InChI=1S/C15H9FN2O3/c16-10-6-12(15(19)20)14(18-8-10)21-11-4-3-9-2-1-5-17-13(9)7-11/h1-8H,(H,19,20). The van der Waals surface area contributed by atoms with E-state index in [0.29, 0.717) is 11.3 Å². The van der Waals surface area contributed by atoms with E-state index in [0.717, 1.165) is 17.6 Å². The fourth-order valence-corrected chi connectivity index (χ4v) is 1.88. The van der Waals surface area contributed by atoms with Crippen molar-refractivity contribution in [3.8, 4) is 11.6 Å². The van der Waals surface area contributed by atoms with Gasteiger partial charge in [0.05, 0.1) is 11.7 Å². The highest BCUT2D eigenvalue weighted by molar-refractivity contribution is 5.90. The van der Waals surface area contributed by atoms with Gasteiger partial charge in [0.25, 0.3) is 0 Å². The molecule has 0 bridgehead atoms. The minimum absolute atomic E-state index is 0.167. The molecule has 0 fully saturated rings. The predicted octanol–water partition coefficient (Wildman–Crippen LogP) is 3.26. The molecule has 0 amide bonds. The molecule has 2 aromatic heterocycles. The van der Waals surface area contributed by atoms with Crippen LogP contribution in [0.5, 0.6) is 11.6 Å². The van der Waals surface area contributed by atoms with Crippen molar-refractivity contribution in [2.24, 2.45) is 0 Å². The van der Waals surface area contributed by atoms with Crippen molar-refractivity contribution >= 4 is 16.9 Å². The molecule has 1 aromatic carbocycles. The maximum Gasteiger partial charge on any atom is 0.341 e. The molecule has 3 aromatic rings. The van der Waals surface area contributed by atoms with Gasteiger partial charge in [-0.25, -0.2) is 14.2 Å². The van der Waals surface area contributed by atoms with Gasteiger partial charge in [0, 0.05) is 17.6 Å². The van der Waals surface area contributed by atoms with Crippen molar-refractivity contribution in [3.05, 3.63) is 60.2 Å². The number of ether oxygens (including phenoxy) is 1. The smallest absolute Gasteiger partial charge is 0.341 e. The van der Waals surface area contributed by atoms with Crippen molar-refractivity contribution in [3.63, 3.8) is 0 Å². The zero-order valence-electron chi connectivity index (χ0n) is 10.7. The van der Waals surface area contributed by atoms with E-state index >= 15 is 0 Å². The largest absolute Gasteiger partial charge is 0.477 e. The molecule has 0 aliphatic rings. The highest BCUT2D eigenvalue weighted by Crippen LogP contribution is 2.26. The number of carboxylic acids is 1. The quantitative estimate of drug-likeness (QED) is 0.799. The fourth-order valence-electron chi connectivity index (χ4n) is 1.88. The summed E-state index contributed by atoms with van der Waals surface area (Å²) in [6, 6.07) is 9.69. The van der Waals surface area contributed by atoms with Crippen molar-refractivity contribution in [1.29, 1.82) is 0 Å². The maximum absolute atomic E-state index is 13.1. The number of aromatic nitrogens is 2. The minimum Gasteiger partial charge on any atom is -0.477 e. The van der Waals surface area contributed by atoms with Gasteiger partial charge in [-0.3, -0.25) is 4.98 Å². The number of fused-ring (bicyclic) bond motifs is 1. The van der Waals surface area contributed by atoms with Gasteiger partial charge >= 0.3 is 5.97 Å². The van der Waals surface area contributed by atoms with Crippen LogP contribution >= 0.6 is 0 Å². The minimum atomic E-state index is -1.31. The average molecular weight is 284 g/mol. The summed E-state index contributed by atoms with van der Waals surface area (Å²) < 4.78 is 18.5. The van der Waals surface area contributed by atoms with E-state index in [9.17, 15) is 9.18 Å². The maximum atomic E-state index is 13.1. The molecule has 0 unspecified atom stereocenters. The van der Waals surface area contributed by atoms with Crippen LogP contribution in [0.25, 0.3) is 10.9 Å². The third kappa shape index (κ3) is 2.64. The van der Waals surface area contributed by atoms with E-state index in [1.807, 2.05) is 12.1 Å². The zero-order valence-corrected chi connectivity index (χ0v) is 10.7. The average Bonchev–Trinajstić information content (AvgIpc) is 2.49. The molecular formula is C15H9FN2O3. The van der Waals surface area contributed by atoms with E-state index in [2.05, 4.69) is 9.97 Å². The SMILES string of the molecule is O=C(O)c1cc(F)cnc1Oc1ccc2cccnc2c1. The number of pyridine rings is 2. The zero-order chi connectivity index (χ0) is 14.8. The van der Waals surface area contributed by atoms with Crippen LogP contribution in [0.15, 0.2) is 48.8 Å². The van der Waals surface area contributed by atoms with Crippen molar-refractivity contribution in [2.75, 3.05) is 0 Å². The Labute approximate surface area is 118 Å². The highest BCUT2D eigenvalue weighted by atomic mass is 19.1. The highest BCUT2D eigenvalue weighted by Gasteiger charge is 2.15. The van der Waals surface area contributed by atoms with Crippen LogP contribution < -0.4 is 4.74 Å². The molecule has 21 heavy (non-hydrogen) atoms. The van der Waals surface area contributed by atoms with E-state index in [1.165, 1.54) is 0 Å². The van der Waals surface area contributed by atoms with Crippen molar-refractivity contribution < 1.29 is 19.0 Å². The number of hydrogen-bond donors (Lipinski definition) is 1. The first-order valence-corrected chi connectivity index (χ1v) is 6.05. The molecule has 0 saturated heterocycles. The van der Waals surface area contributed by atoms with Gasteiger partial charge in [0.1, 0.15) is 17.1 Å². The summed E-state index contributed by atoms with van der Waals surface area (Å²) in [6.45, 7) is 0. The molecule has 0 saturated carbocycles. The van der Waals surface area contributed by atoms with E-state index in [-0.39, 0.29) is 11.4 Å². The fraction of sp³-hybridized carbons (Fsp3) is 0. The third-order valence-electron chi connectivity index (χ3n) is 2.84. The second kappa shape index (κ2) is 5.16. The molecule has 5 nitrogen and oxygen atoms in total. The molecule has 2 heterocycles. The Bertz CT molecular complexity index is 836. The summed E-state index contributed by atoms with van der Waals surface area (Å²) in [5, 5.41) is 9.97. The molecule has 6 heteroatoms. The number of rotatable bonds is 3. The number of nitrogens with zero attached hydrogens (tertiary/aromatic N) is 2. The van der Waals surface area contributed by atoms with Crippen LogP contribution in [0.3, 0.4) is 0 Å². The molecule has 0 aliphatic carbocycles. The van der Waals surface area contributed by atoms with Gasteiger partial charge in [-0.15, -0.1) is 0 Å². The van der Waals surface area contributed by atoms with Gasteiger partial charge < -0.3 is 9.84 Å². The topological polar surface area (TPSA) is 72.3 Å². The number of hydrogen-bond acceptors (Lipinski definition) is 4. The second-order valence-corrected chi connectivity index (χ2v) is 4.27. The van der Waals surface area contributed by atoms with Gasteiger partial charge in [-0.1, -0.05) is 6.07 Å². The van der Waals surface area contributed by atoms with Crippen molar-refractivity contribution in [2.45, 2.75) is 0 Å².